The molecule has 1 nitrogen and oxygen atoms in total. The molecule has 0 radical (unpaired) electrons. The van der Waals surface area contributed by atoms with E-state index in [1.54, 1.807) is 23.1 Å². The van der Waals surface area contributed by atoms with Crippen molar-refractivity contribution < 1.29 is 4.79 Å². The highest BCUT2D eigenvalue weighted by Gasteiger charge is 2.11. The van der Waals surface area contributed by atoms with E-state index in [0.717, 1.165) is 16.2 Å². The lowest BCUT2D eigenvalue weighted by Crippen LogP contribution is -2.02. The molecule has 2 aromatic rings. The van der Waals surface area contributed by atoms with Gasteiger partial charge in [-0.2, -0.15) is 0 Å². The number of hydrogen-bond donors (Lipinski definition) is 0. The third kappa shape index (κ3) is 3.97. The lowest BCUT2D eigenvalue weighted by molar-refractivity contribution is 0.102. The molecule has 0 bridgehead atoms. The first-order valence-electron chi connectivity index (χ1n) is 6.71. The van der Waals surface area contributed by atoms with E-state index >= 15 is 0 Å². The molecule has 3 heteroatoms. The largest absolute Gasteiger partial charge is 0.293 e. The van der Waals surface area contributed by atoms with Crippen molar-refractivity contribution in [3.05, 3.63) is 56.3 Å². The zero-order valence-electron chi connectivity index (χ0n) is 12.4. The van der Waals surface area contributed by atoms with Crippen LogP contribution in [0.4, 0.5) is 0 Å². The third-order valence-corrected chi connectivity index (χ3v) is 5.09. The van der Waals surface area contributed by atoms with Crippen LogP contribution in [0.15, 0.2) is 24.3 Å². The molecule has 1 aromatic carbocycles. The first-order valence-corrected chi connectivity index (χ1v) is 8.68. The van der Waals surface area contributed by atoms with Gasteiger partial charge in [-0.1, -0.05) is 29.3 Å². The van der Waals surface area contributed by atoms with E-state index in [9.17, 15) is 4.79 Å². The average molecular weight is 304 g/mol. The number of hydrogen-bond acceptors (Lipinski definition) is 3. The molecule has 0 fully saturated rings. The standard InChI is InChI=1S/C17H20OS2/c1-11-5-12(2)7-15(6-11)9-19-10-17(18)16-8-13(3)20-14(16)4/h5-8H,9-10H2,1-4H3. The summed E-state index contributed by atoms with van der Waals surface area (Å²) in [5.74, 6) is 1.71. The quantitative estimate of drug-likeness (QED) is 0.715. The molecule has 0 unspecified atom stereocenters. The predicted octanol–water partition coefficient (Wildman–Crippen LogP) is 5.10. The predicted molar refractivity (Wildman–Crippen MR) is 90.2 cm³/mol. The van der Waals surface area contributed by atoms with Gasteiger partial charge in [0.05, 0.1) is 5.75 Å². The van der Waals surface area contributed by atoms with E-state index in [0.29, 0.717) is 5.75 Å². The topological polar surface area (TPSA) is 17.1 Å². The first kappa shape index (κ1) is 15.3. The van der Waals surface area contributed by atoms with Crippen LogP contribution in [0.5, 0.6) is 0 Å². The third-order valence-electron chi connectivity index (χ3n) is 3.12. The SMILES string of the molecule is Cc1cc(C)cc(CSCC(=O)c2cc(C)sc2C)c1. The van der Waals surface area contributed by atoms with Crippen molar-refractivity contribution in [2.24, 2.45) is 0 Å². The molecule has 0 saturated carbocycles. The number of benzene rings is 1. The van der Waals surface area contributed by atoms with Crippen molar-refractivity contribution in [3.63, 3.8) is 0 Å². The van der Waals surface area contributed by atoms with Crippen LogP contribution < -0.4 is 0 Å². The normalized spacial score (nSPS) is 10.8. The van der Waals surface area contributed by atoms with E-state index in [1.807, 2.05) is 13.0 Å². The summed E-state index contributed by atoms with van der Waals surface area (Å²) in [6.07, 6.45) is 0. The summed E-state index contributed by atoms with van der Waals surface area (Å²) >= 11 is 3.40. The van der Waals surface area contributed by atoms with Gasteiger partial charge >= 0.3 is 0 Å². The number of ketones is 1. The van der Waals surface area contributed by atoms with Gasteiger partial charge in [0, 0.05) is 21.1 Å². The van der Waals surface area contributed by atoms with Crippen molar-refractivity contribution >= 4 is 28.9 Å². The summed E-state index contributed by atoms with van der Waals surface area (Å²) in [6.45, 7) is 8.31. The Kier molecular flexibility index (Phi) is 5.06. The molecule has 106 valence electrons. The van der Waals surface area contributed by atoms with Crippen molar-refractivity contribution in [3.8, 4) is 0 Å². The van der Waals surface area contributed by atoms with Gasteiger partial charge < -0.3 is 0 Å². The lowest BCUT2D eigenvalue weighted by atomic mass is 10.1. The Labute approximate surface area is 129 Å². The van der Waals surface area contributed by atoms with Crippen LogP contribution in [0.25, 0.3) is 0 Å². The Balaban J connectivity index is 1.92. The van der Waals surface area contributed by atoms with Crippen molar-refractivity contribution in [1.29, 1.82) is 0 Å². The maximum Gasteiger partial charge on any atom is 0.173 e. The van der Waals surface area contributed by atoms with Crippen LogP contribution >= 0.6 is 23.1 Å². The Morgan fingerprint density at radius 1 is 1.05 bits per heavy atom. The van der Waals surface area contributed by atoms with Gasteiger partial charge in [-0.15, -0.1) is 23.1 Å². The highest BCUT2D eigenvalue weighted by Crippen LogP contribution is 2.23. The minimum atomic E-state index is 0.251. The number of rotatable bonds is 5. The molecule has 0 aliphatic rings. The molecule has 0 aliphatic carbocycles. The van der Waals surface area contributed by atoms with Crippen LogP contribution in [-0.2, 0) is 5.75 Å². The van der Waals surface area contributed by atoms with Gasteiger partial charge in [-0.3, -0.25) is 4.79 Å². The number of carbonyl (C=O) groups excluding carboxylic acids is 1. The maximum absolute atomic E-state index is 12.2. The minimum absolute atomic E-state index is 0.251. The van der Waals surface area contributed by atoms with Crippen LogP contribution in [0.3, 0.4) is 0 Å². The van der Waals surface area contributed by atoms with Gasteiger partial charge in [0.2, 0.25) is 0 Å². The van der Waals surface area contributed by atoms with Crippen molar-refractivity contribution in [2.75, 3.05) is 5.75 Å². The molecule has 20 heavy (non-hydrogen) atoms. The number of carbonyl (C=O) groups is 1. The molecular formula is C17H20OS2. The molecule has 1 heterocycles. The Bertz CT molecular complexity index is 606. The first-order chi connectivity index (χ1) is 9.45. The van der Waals surface area contributed by atoms with Crippen LogP contribution in [0.2, 0.25) is 0 Å². The molecule has 0 amide bonds. The van der Waals surface area contributed by atoms with Gasteiger partial charge in [0.15, 0.2) is 5.78 Å². The summed E-state index contributed by atoms with van der Waals surface area (Å²) in [7, 11) is 0. The molecule has 0 saturated heterocycles. The Morgan fingerprint density at radius 2 is 1.70 bits per heavy atom. The van der Waals surface area contributed by atoms with E-state index in [2.05, 4.69) is 39.0 Å². The number of Topliss-reactive ketones (excluding diaryl/α,β-unsaturated/α-hetero) is 1. The summed E-state index contributed by atoms with van der Waals surface area (Å²) in [4.78, 5) is 14.5. The van der Waals surface area contributed by atoms with Gasteiger partial charge in [0.1, 0.15) is 0 Å². The molecule has 0 spiro atoms. The van der Waals surface area contributed by atoms with E-state index in [1.165, 1.54) is 21.6 Å². The fraction of sp³-hybridized carbons (Fsp3) is 0.353. The number of thiophene rings is 1. The summed E-state index contributed by atoms with van der Waals surface area (Å²) in [5.41, 5.74) is 4.78. The molecule has 0 N–H and O–H groups in total. The Hall–Kier alpha value is -1.06. The van der Waals surface area contributed by atoms with Gasteiger partial charge in [-0.05, 0) is 39.3 Å². The van der Waals surface area contributed by atoms with Crippen molar-refractivity contribution in [1.82, 2.24) is 0 Å². The second kappa shape index (κ2) is 6.59. The molecule has 0 atom stereocenters. The fourth-order valence-electron chi connectivity index (χ4n) is 2.40. The molecule has 1 aromatic heterocycles. The zero-order chi connectivity index (χ0) is 14.7. The summed E-state index contributed by atoms with van der Waals surface area (Å²) < 4.78 is 0. The van der Waals surface area contributed by atoms with Gasteiger partial charge in [-0.25, -0.2) is 0 Å². The second-order valence-electron chi connectivity index (χ2n) is 5.24. The van der Waals surface area contributed by atoms with Crippen LogP contribution in [0.1, 0.15) is 36.8 Å². The lowest BCUT2D eigenvalue weighted by Gasteiger charge is -2.05. The second-order valence-corrected chi connectivity index (χ2v) is 7.68. The van der Waals surface area contributed by atoms with Crippen molar-refractivity contribution in [2.45, 2.75) is 33.4 Å². The van der Waals surface area contributed by atoms with E-state index in [4.69, 9.17) is 0 Å². The summed E-state index contributed by atoms with van der Waals surface area (Å²) in [5, 5.41) is 0. The zero-order valence-corrected chi connectivity index (χ0v) is 14.1. The van der Waals surface area contributed by atoms with E-state index in [-0.39, 0.29) is 5.78 Å². The van der Waals surface area contributed by atoms with Crippen LogP contribution in [-0.4, -0.2) is 11.5 Å². The van der Waals surface area contributed by atoms with E-state index < -0.39 is 0 Å². The average Bonchev–Trinajstić information content (AvgIpc) is 2.67. The molecule has 0 aliphatic heterocycles. The minimum Gasteiger partial charge on any atom is -0.293 e. The molecular weight excluding hydrogens is 284 g/mol. The van der Waals surface area contributed by atoms with Crippen LogP contribution in [0, 0.1) is 27.7 Å². The smallest absolute Gasteiger partial charge is 0.173 e. The summed E-state index contributed by atoms with van der Waals surface area (Å²) in [6, 6.07) is 8.59. The number of aryl methyl sites for hydroxylation is 4. The highest BCUT2D eigenvalue weighted by atomic mass is 32.2. The van der Waals surface area contributed by atoms with Gasteiger partial charge in [0.25, 0.3) is 0 Å². The fourth-order valence-corrected chi connectivity index (χ4v) is 4.19. The maximum atomic E-state index is 12.2. The highest BCUT2D eigenvalue weighted by molar-refractivity contribution is 7.99. The molecule has 2 rings (SSSR count). The number of thioether (sulfide) groups is 1. The Morgan fingerprint density at radius 3 is 2.25 bits per heavy atom. The monoisotopic (exact) mass is 304 g/mol.